The summed E-state index contributed by atoms with van der Waals surface area (Å²) in [6, 6.07) is 5.90. The lowest BCUT2D eigenvalue weighted by Gasteiger charge is -2.14. The number of carbonyl (C=O) groups excluding carboxylic acids is 1. The topological polar surface area (TPSA) is 53.5 Å². The van der Waals surface area contributed by atoms with Crippen molar-refractivity contribution < 1.29 is 9.18 Å². The summed E-state index contributed by atoms with van der Waals surface area (Å²) in [6.45, 7) is 3.18. The number of hydrogen-bond acceptors (Lipinski definition) is 3. The Bertz CT molecular complexity index is 442. The summed E-state index contributed by atoms with van der Waals surface area (Å²) in [7, 11) is 0. The maximum absolute atomic E-state index is 12.7. The number of aliphatic imine (C=N–C) groups is 1. The van der Waals surface area contributed by atoms with Gasteiger partial charge in [-0.25, -0.2) is 4.39 Å². The second-order valence-electron chi connectivity index (χ2n) is 3.90. The number of nitrogens with one attached hydrogen (secondary N) is 2. The molecule has 5 heteroatoms. The molecule has 1 aromatic rings. The van der Waals surface area contributed by atoms with E-state index >= 15 is 0 Å². The van der Waals surface area contributed by atoms with Gasteiger partial charge >= 0.3 is 0 Å². The molecule has 2 N–H and O–H groups in total. The fraction of sp³-hybridized carbons (Fsp3) is 0.333. The number of amidine groups is 1. The summed E-state index contributed by atoms with van der Waals surface area (Å²) < 4.78 is 12.7. The largest absolute Gasteiger partial charge is 0.364 e. The molecule has 17 heavy (non-hydrogen) atoms. The first-order chi connectivity index (χ1) is 8.16. The summed E-state index contributed by atoms with van der Waals surface area (Å²) in [5, 5.41) is 5.70. The van der Waals surface area contributed by atoms with Crippen LogP contribution < -0.4 is 10.6 Å². The van der Waals surface area contributed by atoms with Crippen LogP contribution in [0.5, 0.6) is 0 Å². The highest BCUT2D eigenvalue weighted by molar-refractivity contribution is 6.38. The minimum absolute atomic E-state index is 0.173. The molecule has 1 aromatic carbocycles. The summed E-state index contributed by atoms with van der Waals surface area (Å²) in [4.78, 5) is 15.7. The van der Waals surface area contributed by atoms with E-state index in [1.807, 2.05) is 6.92 Å². The minimum Gasteiger partial charge on any atom is -0.364 e. The first-order valence-corrected chi connectivity index (χ1v) is 5.51. The number of halogens is 1. The highest BCUT2D eigenvalue weighted by Crippen LogP contribution is 2.12. The van der Waals surface area contributed by atoms with Gasteiger partial charge in [0.15, 0.2) is 5.84 Å². The molecule has 1 heterocycles. The molecule has 0 bridgehead atoms. The van der Waals surface area contributed by atoms with E-state index in [2.05, 4.69) is 15.6 Å². The number of hydrogen-bond donors (Lipinski definition) is 2. The average molecular weight is 235 g/mol. The van der Waals surface area contributed by atoms with Crippen molar-refractivity contribution in [2.24, 2.45) is 4.99 Å². The van der Waals surface area contributed by atoms with Crippen LogP contribution >= 0.6 is 0 Å². The molecule has 1 amide bonds. The normalized spacial score (nSPS) is 16.0. The maximum atomic E-state index is 12.7. The molecule has 1 aliphatic heterocycles. The van der Waals surface area contributed by atoms with Gasteiger partial charge in [-0.05, 0) is 24.6 Å². The number of benzene rings is 1. The third-order valence-corrected chi connectivity index (χ3v) is 2.61. The molecule has 0 aliphatic carbocycles. The standard InChI is InChI=1S/C12H14FN3O/c1-8(9-2-4-10(13)5-3-9)16-12(17)11-14-6-7-15-11/h2-5,8H,6-7H2,1H3,(H,14,15)(H,16,17)/t8-/m1/s1. The van der Waals surface area contributed by atoms with E-state index in [1.54, 1.807) is 12.1 Å². The Labute approximate surface area is 98.9 Å². The average Bonchev–Trinajstić information content (AvgIpc) is 2.83. The predicted molar refractivity (Wildman–Crippen MR) is 63.3 cm³/mol. The monoisotopic (exact) mass is 235 g/mol. The molecule has 0 saturated carbocycles. The van der Waals surface area contributed by atoms with Crippen LogP contribution in [0.4, 0.5) is 4.39 Å². The quantitative estimate of drug-likeness (QED) is 0.821. The fourth-order valence-corrected chi connectivity index (χ4v) is 1.65. The molecule has 2 rings (SSSR count). The number of rotatable bonds is 3. The summed E-state index contributed by atoms with van der Waals surface area (Å²) >= 11 is 0. The number of nitrogens with zero attached hydrogens (tertiary/aromatic N) is 1. The van der Waals surface area contributed by atoms with E-state index in [0.717, 1.165) is 5.56 Å². The Morgan fingerprint density at radius 1 is 1.47 bits per heavy atom. The molecule has 0 spiro atoms. The van der Waals surface area contributed by atoms with Crippen molar-refractivity contribution in [3.8, 4) is 0 Å². The minimum atomic E-state index is -0.283. The molecule has 1 atom stereocenters. The molecule has 4 nitrogen and oxygen atoms in total. The molecule has 0 aromatic heterocycles. The zero-order chi connectivity index (χ0) is 12.3. The molecule has 90 valence electrons. The van der Waals surface area contributed by atoms with Gasteiger partial charge in [0.25, 0.3) is 5.91 Å². The van der Waals surface area contributed by atoms with Gasteiger partial charge < -0.3 is 10.6 Å². The Morgan fingerprint density at radius 3 is 2.76 bits per heavy atom. The van der Waals surface area contributed by atoms with Crippen molar-refractivity contribution in [2.75, 3.05) is 13.1 Å². The van der Waals surface area contributed by atoms with E-state index in [0.29, 0.717) is 18.9 Å². The molecule has 0 radical (unpaired) electrons. The smallest absolute Gasteiger partial charge is 0.286 e. The van der Waals surface area contributed by atoms with Crippen LogP contribution in [0, 0.1) is 5.82 Å². The second kappa shape index (κ2) is 4.95. The Morgan fingerprint density at radius 2 is 2.18 bits per heavy atom. The third-order valence-electron chi connectivity index (χ3n) is 2.61. The molecular weight excluding hydrogens is 221 g/mol. The summed E-state index contributed by atoms with van der Waals surface area (Å²) in [5.74, 6) is -0.132. The van der Waals surface area contributed by atoms with Crippen LogP contribution in [0.3, 0.4) is 0 Å². The van der Waals surface area contributed by atoms with Crippen LogP contribution in [-0.4, -0.2) is 24.8 Å². The molecule has 0 fully saturated rings. The molecule has 0 saturated heterocycles. The Kier molecular flexibility index (Phi) is 3.37. The van der Waals surface area contributed by atoms with Crippen molar-refractivity contribution in [3.63, 3.8) is 0 Å². The van der Waals surface area contributed by atoms with Crippen molar-refractivity contribution in [1.29, 1.82) is 0 Å². The van der Waals surface area contributed by atoms with Gasteiger partial charge in [0.2, 0.25) is 0 Å². The lowest BCUT2D eigenvalue weighted by Crippen LogP contribution is -2.38. The lowest BCUT2D eigenvalue weighted by atomic mass is 10.1. The van der Waals surface area contributed by atoms with Crippen molar-refractivity contribution in [1.82, 2.24) is 10.6 Å². The molecule has 0 unspecified atom stereocenters. The first-order valence-electron chi connectivity index (χ1n) is 5.51. The van der Waals surface area contributed by atoms with Crippen LogP contribution in [0.1, 0.15) is 18.5 Å². The number of carbonyl (C=O) groups is 1. The zero-order valence-corrected chi connectivity index (χ0v) is 9.53. The van der Waals surface area contributed by atoms with Gasteiger partial charge in [0.1, 0.15) is 5.82 Å². The van der Waals surface area contributed by atoms with Gasteiger partial charge in [0, 0.05) is 6.54 Å². The molecular formula is C12H14FN3O. The van der Waals surface area contributed by atoms with Gasteiger partial charge in [0.05, 0.1) is 12.6 Å². The predicted octanol–water partition coefficient (Wildman–Crippen LogP) is 1.00. The van der Waals surface area contributed by atoms with E-state index in [1.165, 1.54) is 12.1 Å². The van der Waals surface area contributed by atoms with Crippen LogP contribution in [-0.2, 0) is 4.79 Å². The summed E-state index contributed by atoms with van der Waals surface area (Å²) in [5.41, 5.74) is 0.860. The van der Waals surface area contributed by atoms with Gasteiger partial charge in [-0.3, -0.25) is 9.79 Å². The van der Waals surface area contributed by atoms with Crippen molar-refractivity contribution in [3.05, 3.63) is 35.6 Å². The lowest BCUT2D eigenvalue weighted by molar-refractivity contribution is -0.115. The van der Waals surface area contributed by atoms with E-state index in [-0.39, 0.29) is 17.8 Å². The van der Waals surface area contributed by atoms with Crippen LogP contribution in [0.25, 0.3) is 0 Å². The maximum Gasteiger partial charge on any atom is 0.286 e. The highest BCUT2D eigenvalue weighted by Gasteiger charge is 2.17. The van der Waals surface area contributed by atoms with Crippen LogP contribution in [0.2, 0.25) is 0 Å². The van der Waals surface area contributed by atoms with Gasteiger partial charge in [-0.1, -0.05) is 12.1 Å². The SMILES string of the molecule is C[C@@H](NC(=O)C1=NCCN1)c1ccc(F)cc1. The van der Waals surface area contributed by atoms with Crippen molar-refractivity contribution >= 4 is 11.7 Å². The fourth-order valence-electron chi connectivity index (χ4n) is 1.65. The Hall–Kier alpha value is -1.91. The van der Waals surface area contributed by atoms with Gasteiger partial charge in [-0.15, -0.1) is 0 Å². The summed E-state index contributed by atoms with van der Waals surface area (Å²) in [6.07, 6.45) is 0. The van der Waals surface area contributed by atoms with Crippen LogP contribution in [0.15, 0.2) is 29.3 Å². The number of amides is 1. The first kappa shape index (κ1) is 11.6. The third kappa shape index (κ3) is 2.81. The Balaban J connectivity index is 1.98. The zero-order valence-electron chi connectivity index (χ0n) is 9.53. The van der Waals surface area contributed by atoms with Gasteiger partial charge in [-0.2, -0.15) is 0 Å². The van der Waals surface area contributed by atoms with Crippen molar-refractivity contribution in [2.45, 2.75) is 13.0 Å². The van der Waals surface area contributed by atoms with E-state index in [9.17, 15) is 9.18 Å². The highest BCUT2D eigenvalue weighted by atomic mass is 19.1. The second-order valence-corrected chi connectivity index (χ2v) is 3.90. The van der Waals surface area contributed by atoms with E-state index < -0.39 is 0 Å². The molecule has 1 aliphatic rings. The van der Waals surface area contributed by atoms with E-state index in [4.69, 9.17) is 0 Å².